The van der Waals surface area contributed by atoms with Gasteiger partial charge in [0.15, 0.2) is 11.5 Å². The maximum atomic E-state index is 12.3. The van der Waals surface area contributed by atoms with Gasteiger partial charge in [-0.05, 0) is 25.0 Å². The van der Waals surface area contributed by atoms with E-state index >= 15 is 0 Å². The van der Waals surface area contributed by atoms with Crippen LogP contribution in [0.15, 0.2) is 22.7 Å². The van der Waals surface area contributed by atoms with Crippen molar-refractivity contribution < 1.29 is 9.32 Å². The highest BCUT2D eigenvalue weighted by molar-refractivity contribution is 7.19. The minimum absolute atomic E-state index is 0.203. The SMILES string of the molecule is CC(C)C(C)(CN)NC(=O)c1cc(-c2ccc(Cl)s2)on1. The zero-order chi connectivity index (χ0) is 15.6. The van der Waals surface area contributed by atoms with Crippen LogP contribution in [-0.2, 0) is 0 Å². The van der Waals surface area contributed by atoms with Gasteiger partial charge in [-0.25, -0.2) is 0 Å². The lowest BCUT2D eigenvalue weighted by Gasteiger charge is -2.33. The maximum absolute atomic E-state index is 12.3. The van der Waals surface area contributed by atoms with Crippen LogP contribution in [0.1, 0.15) is 31.3 Å². The molecule has 114 valence electrons. The van der Waals surface area contributed by atoms with E-state index in [-0.39, 0.29) is 17.5 Å². The fourth-order valence-corrected chi connectivity index (χ4v) is 2.69. The van der Waals surface area contributed by atoms with Crippen molar-refractivity contribution in [3.05, 3.63) is 28.2 Å². The smallest absolute Gasteiger partial charge is 0.273 e. The molecule has 0 aromatic carbocycles. The summed E-state index contributed by atoms with van der Waals surface area (Å²) < 4.78 is 5.86. The van der Waals surface area contributed by atoms with Crippen LogP contribution in [0.5, 0.6) is 0 Å². The second-order valence-corrected chi connectivity index (χ2v) is 7.13. The second kappa shape index (κ2) is 6.17. The number of carbonyl (C=O) groups excluding carboxylic acids is 1. The Morgan fingerprint density at radius 3 is 2.81 bits per heavy atom. The lowest BCUT2D eigenvalue weighted by atomic mass is 9.88. The molecule has 1 atom stereocenters. The monoisotopic (exact) mass is 327 g/mol. The summed E-state index contributed by atoms with van der Waals surface area (Å²) in [6, 6.07) is 5.20. The van der Waals surface area contributed by atoms with Gasteiger partial charge in [-0.2, -0.15) is 0 Å². The Hall–Kier alpha value is -1.37. The van der Waals surface area contributed by atoms with E-state index in [0.717, 1.165) is 4.88 Å². The minimum Gasteiger partial charge on any atom is -0.355 e. The number of nitrogens with zero attached hydrogens (tertiary/aromatic N) is 1. The average molecular weight is 328 g/mol. The summed E-state index contributed by atoms with van der Waals surface area (Å²) in [5.74, 6) is 0.430. The molecule has 1 amide bonds. The molecular weight excluding hydrogens is 310 g/mol. The topological polar surface area (TPSA) is 81.1 Å². The van der Waals surface area contributed by atoms with Crippen LogP contribution in [0.2, 0.25) is 4.34 Å². The number of thiophene rings is 1. The molecule has 7 heteroatoms. The summed E-state index contributed by atoms with van der Waals surface area (Å²) in [5.41, 5.74) is 5.51. The zero-order valence-electron chi connectivity index (χ0n) is 12.1. The van der Waals surface area contributed by atoms with Gasteiger partial charge < -0.3 is 15.6 Å². The molecule has 0 fully saturated rings. The number of nitrogens with one attached hydrogen (secondary N) is 1. The maximum Gasteiger partial charge on any atom is 0.273 e. The lowest BCUT2D eigenvalue weighted by Crippen LogP contribution is -2.55. The highest BCUT2D eigenvalue weighted by Gasteiger charge is 2.30. The average Bonchev–Trinajstić information content (AvgIpc) is 3.06. The van der Waals surface area contributed by atoms with E-state index in [1.807, 2.05) is 26.8 Å². The number of carbonyl (C=O) groups is 1. The summed E-state index contributed by atoms with van der Waals surface area (Å²) in [5, 5.41) is 6.73. The molecule has 0 aliphatic rings. The predicted octanol–water partition coefficient (Wildman–Crippen LogP) is 3.16. The Kier molecular flexibility index (Phi) is 4.70. The Morgan fingerprint density at radius 2 is 2.29 bits per heavy atom. The molecule has 0 spiro atoms. The van der Waals surface area contributed by atoms with Crippen LogP contribution in [0, 0.1) is 5.92 Å². The van der Waals surface area contributed by atoms with Crippen molar-refractivity contribution in [2.75, 3.05) is 6.54 Å². The van der Waals surface area contributed by atoms with E-state index in [1.54, 1.807) is 12.1 Å². The largest absolute Gasteiger partial charge is 0.355 e. The third-order valence-corrected chi connectivity index (χ3v) is 4.90. The van der Waals surface area contributed by atoms with Gasteiger partial charge in [-0.15, -0.1) is 11.3 Å². The predicted molar refractivity (Wildman–Crippen MR) is 84.6 cm³/mol. The first kappa shape index (κ1) is 16.0. The molecule has 2 aromatic rings. The summed E-state index contributed by atoms with van der Waals surface area (Å²) in [6.07, 6.45) is 0. The van der Waals surface area contributed by atoms with E-state index in [2.05, 4.69) is 10.5 Å². The van der Waals surface area contributed by atoms with Crippen molar-refractivity contribution in [3.63, 3.8) is 0 Å². The van der Waals surface area contributed by atoms with Crippen molar-refractivity contribution in [1.82, 2.24) is 10.5 Å². The molecule has 21 heavy (non-hydrogen) atoms. The molecule has 0 bridgehead atoms. The molecule has 0 aliphatic carbocycles. The molecule has 3 N–H and O–H groups in total. The first-order valence-electron chi connectivity index (χ1n) is 6.60. The number of amides is 1. The normalized spacial score (nSPS) is 14.2. The van der Waals surface area contributed by atoms with Gasteiger partial charge in [0, 0.05) is 12.6 Å². The second-order valence-electron chi connectivity index (χ2n) is 5.41. The van der Waals surface area contributed by atoms with Crippen molar-refractivity contribution in [1.29, 1.82) is 0 Å². The summed E-state index contributed by atoms with van der Waals surface area (Å²) in [7, 11) is 0. The van der Waals surface area contributed by atoms with Gasteiger partial charge >= 0.3 is 0 Å². The first-order chi connectivity index (χ1) is 9.85. The molecule has 0 radical (unpaired) electrons. The Labute approximate surface area is 132 Å². The fourth-order valence-electron chi connectivity index (χ4n) is 1.70. The first-order valence-corrected chi connectivity index (χ1v) is 7.80. The molecule has 2 rings (SSSR count). The van der Waals surface area contributed by atoms with Crippen LogP contribution in [0.3, 0.4) is 0 Å². The Balaban J connectivity index is 2.16. The molecule has 5 nitrogen and oxygen atoms in total. The highest BCUT2D eigenvalue weighted by atomic mass is 35.5. The van der Waals surface area contributed by atoms with Gasteiger partial charge in [0.25, 0.3) is 5.91 Å². The Morgan fingerprint density at radius 1 is 1.57 bits per heavy atom. The summed E-state index contributed by atoms with van der Waals surface area (Å²) >= 11 is 7.25. The van der Waals surface area contributed by atoms with Crippen LogP contribution in [0.4, 0.5) is 0 Å². The van der Waals surface area contributed by atoms with E-state index < -0.39 is 5.54 Å². The Bertz CT molecular complexity index is 638. The van der Waals surface area contributed by atoms with Gasteiger partial charge in [-0.1, -0.05) is 30.6 Å². The van der Waals surface area contributed by atoms with Crippen LogP contribution in [0.25, 0.3) is 10.6 Å². The fraction of sp³-hybridized carbons (Fsp3) is 0.429. The van der Waals surface area contributed by atoms with E-state index in [0.29, 0.717) is 16.6 Å². The third-order valence-electron chi connectivity index (χ3n) is 3.66. The number of aromatic nitrogens is 1. The van der Waals surface area contributed by atoms with Gasteiger partial charge in [0.2, 0.25) is 0 Å². The molecule has 2 heterocycles. The molecule has 2 aromatic heterocycles. The minimum atomic E-state index is -0.484. The van der Waals surface area contributed by atoms with E-state index in [9.17, 15) is 4.79 Å². The van der Waals surface area contributed by atoms with Gasteiger partial charge in [-0.3, -0.25) is 4.79 Å². The summed E-state index contributed by atoms with van der Waals surface area (Å²) in [4.78, 5) is 13.1. The standard InChI is InChI=1S/C14H18ClN3O2S/c1-8(2)14(3,7-16)17-13(19)9-6-10(20-18-9)11-4-5-12(15)21-11/h4-6,8H,7,16H2,1-3H3,(H,17,19). The lowest BCUT2D eigenvalue weighted by molar-refractivity contribution is 0.0874. The molecule has 1 unspecified atom stereocenters. The number of hydrogen-bond acceptors (Lipinski definition) is 5. The number of hydrogen-bond donors (Lipinski definition) is 2. The number of halogens is 1. The molecule has 0 saturated carbocycles. The highest BCUT2D eigenvalue weighted by Crippen LogP contribution is 2.31. The van der Waals surface area contributed by atoms with Crippen molar-refractivity contribution in [2.24, 2.45) is 11.7 Å². The molecule has 0 aliphatic heterocycles. The van der Waals surface area contributed by atoms with Gasteiger partial charge in [0.1, 0.15) is 0 Å². The van der Waals surface area contributed by atoms with Crippen molar-refractivity contribution >= 4 is 28.8 Å². The summed E-state index contributed by atoms with van der Waals surface area (Å²) in [6.45, 7) is 6.28. The van der Waals surface area contributed by atoms with Crippen LogP contribution >= 0.6 is 22.9 Å². The quantitative estimate of drug-likeness (QED) is 0.883. The third kappa shape index (κ3) is 3.45. The van der Waals surface area contributed by atoms with Gasteiger partial charge in [0.05, 0.1) is 14.8 Å². The number of nitrogens with two attached hydrogens (primary N) is 1. The number of rotatable bonds is 5. The van der Waals surface area contributed by atoms with Crippen LogP contribution in [-0.4, -0.2) is 23.1 Å². The van der Waals surface area contributed by atoms with Crippen molar-refractivity contribution in [3.8, 4) is 10.6 Å². The van der Waals surface area contributed by atoms with E-state index in [1.165, 1.54) is 11.3 Å². The molecular formula is C14H18ClN3O2S. The van der Waals surface area contributed by atoms with E-state index in [4.69, 9.17) is 21.9 Å². The van der Waals surface area contributed by atoms with Crippen molar-refractivity contribution in [2.45, 2.75) is 26.3 Å². The van der Waals surface area contributed by atoms with Crippen LogP contribution < -0.4 is 11.1 Å². The zero-order valence-corrected chi connectivity index (χ0v) is 13.7. The molecule has 0 saturated heterocycles.